The number of rotatable bonds is 9. The zero-order valence-corrected chi connectivity index (χ0v) is 19.8. The Bertz CT molecular complexity index is 928. The van der Waals surface area contributed by atoms with Crippen LogP contribution >= 0.6 is 0 Å². The number of hydrogen-bond acceptors (Lipinski definition) is 7. The molecule has 0 heterocycles. The molecule has 2 unspecified atom stereocenters. The molecule has 2 aromatic carbocycles. The highest BCUT2D eigenvalue weighted by Crippen LogP contribution is 2.15. The third-order valence-electron chi connectivity index (χ3n) is 4.28. The van der Waals surface area contributed by atoms with E-state index < -0.39 is 41.0 Å². The van der Waals surface area contributed by atoms with Crippen LogP contribution in [0.25, 0.3) is 0 Å². The number of hydrogen-bond donors (Lipinski definition) is 2. The molecule has 2 atom stereocenters. The van der Waals surface area contributed by atoms with Crippen LogP contribution in [0, 0.1) is 6.92 Å². The van der Waals surface area contributed by atoms with Crippen molar-refractivity contribution in [2.45, 2.75) is 50.4 Å². The second kappa shape index (κ2) is 11.2. The highest BCUT2D eigenvalue weighted by molar-refractivity contribution is 7.80. The summed E-state index contributed by atoms with van der Waals surface area (Å²) >= 11 is -1.88. The molecule has 0 bridgehead atoms. The first-order valence-corrected chi connectivity index (χ1v) is 11.1. The summed E-state index contributed by atoms with van der Waals surface area (Å²) < 4.78 is 28.4. The summed E-state index contributed by atoms with van der Waals surface area (Å²) in [6.07, 6.45) is -0.854. The van der Waals surface area contributed by atoms with Gasteiger partial charge in [-0.05, 0) is 45.4 Å². The van der Waals surface area contributed by atoms with E-state index in [-0.39, 0.29) is 6.54 Å². The standard InChI is InChI=1S/C23H30N2O6S/c1-17-11-13-19(14-12-17)32(28)30-16-23(20(26)29-5,25-21(27)31-22(2,3)4)24-15-18-9-7-6-8-10-18/h6-14,24H,15-16H2,1-5H3,(H,25,27). The van der Waals surface area contributed by atoms with Gasteiger partial charge in [-0.15, -0.1) is 0 Å². The Morgan fingerprint density at radius 1 is 1.00 bits per heavy atom. The summed E-state index contributed by atoms with van der Waals surface area (Å²) in [4.78, 5) is 25.8. The Morgan fingerprint density at radius 3 is 2.19 bits per heavy atom. The van der Waals surface area contributed by atoms with Gasteiger partial charge in [-0.3, -0.25) is 14.8 Å². The van der Waals surface area contributed by atoms with Crippen molar-refractivity contribution in [1.82, 2.24) is 10.6 Å². The van der Waals surface area contributed by atoms with Crippen LogP contribution < -0.4 is 10.6 Å². The van der Waals surface area contributed by atoms with Crippen molar-refractivity contribution < 1.29 is 27.5 Å². The number of nitrogens with one attached hydrogen (secondary N) is 2. The molecule has 2 N–H and O–H groups in total. The molecule has 2 rings (SSSR count). The number of alkyl carbamates (subject to hydrolysis) is 1. The van der Waals surface area contributed by atoms with Gasteiger partial charge >= 0.3 is 12.1 Å². The minimum atomic E-state index is -1.88. The number of carbonyl (C=O) groups is 2. The second-order valence-corrected chi connectivity index (χ2v) is 9.35. The van der Waals surface area contributed by atoms with Crippen molar-refractivity contribution in [2.75, 3.05) is 13.7 Å². The normalized spacial score (nSPS) is 14.2. The first-order chi connectivity index (χ1) is 15.0. The molecular weight excluding hydrogens is 432 g/mol. The minimum absolute atomic E-state index is 0.201. The highest BCUT2D eigenvalue weighted by Gasteiger charge is 2.43. The Balaban J connectivity index is 2.27. The molecule has 0 aliphatic carbocycles. The van der Waals surface area contributed by atoms with Gasteiger partial charge in [0, 0.05) is 6.54 Å². The molecule has 0 saturated heterocycles. The van der Waals surface area contributed by atoms with Gasteiger partial charge < -0.3 is 9.47 Å². The number of benzene rings is 2. The minimum Gasteiger partial charge on any atom is -0.466 e. The Hall–Kier alpha value is -2.75. The molecule has 9 heteroatoms. The quantitative estimate of drug-likeness (QED) is 0.436. The molecule has 0 spiro atoms. The van der Waals surface area contributed by atoms with Crippen LogP contribution in [-0.4, -0.2) is 41.3 Å². The molecule has 0 fully saturated rings. The van der Waals surface area contributed by atoms with Crippen LogP contribution in [-0.2, 0) is 36.1 Å². The van der Waals surface area contributed by atoms with Crippen LogP contribution in [0.4, 0.5) is 4.79 Å². The number of methoxy groups -OCH3 is 1. The van der Waals surface area contributed by atoms with E-state index in [4.69, 9.17) is 13.7 Å². The summed E-state index contributed by atoms with van der Waals surface area (Å²) in [7, 11) is 1.19. The predicted octanol–water partition coefficient (Wildman–Crippen LogP) is 3.22. The van der Waals surface area contributed by atoms with Gasteiger partial charge in [0.2, 0.25) is 5.66 Å². The third-order valence-corrected chi connectivity index (χ3v) is 5.27. The van der Waals surface area contributed by atoms with Gasteiger partial charge in [-0.25, -0.2) is 13.8 Å². The summed E-state index contributed by atoms with van der Waals surface area (Å²) in [5.41, 5.74) is -0.776. The zero-order valence-electron chi connectivity index (χ0n) is 19.0. The van der Waals surface area contributed by atoms with Crippen LogP contribution in [0.3, 0.4) is 0 Å². The average Bonchev–Trinajstić information content (AvgIpc) is 2.74. The molecule has 0 aliphatic heterocycles. The second-order valence-electron chi connectivity index (χ2n) is 8.17. The Kier molecular flexibility index (Phi) is 8.94. The molecule has 8 nitrogen and oxygen atoms in total. The summed E-state index contributed by atoms with van der Waals surface area (Å²) in [6.45, 7) is 6.75. The monoisotopic (exact) mass is 462 g/mol. The number of amides is 1. The van der Waals surface area contributed by atoms with Gasteiger partial charge in [0.25, 0.3) is 0 Å². The molecule has 0 aromatic heterocycles. The van der Waals surface area contributed by atoms with Crippen LogP contribution in [0.15, 0.2) is 59.5 Å². The summed E-state index contributed by atoms with van der Waals surface area (Å²) in [5, 5.41) is 5.50. The first-order valence-electron chi connectivity index (χ1n) is 10.0. The van der Waals surface area contributed by atoms with Crippen molar-refractivity contribution in [3.05, 3.63) is 65.7 Å². The van der Waals surface area contributed by atoms with Gasteiger partial charge in [-0.1, -0.05) is 48.0 Å². The number of ether oxygens (including phenoxy) is 2. The first kappa shape index (κ1) is 25.5. The van der Waals surface area contributed by atoms with E-state index in [2.05, 4.69) is 10.6 Å². The van der Waals surface area contributed by atoms with Crippen LogP contribution in [0.1, 0.15) is 31.9 Å². The Labute approximate surface area is 191 Å². The SMILES string of the molecule is COC(=O)C(COS(=O)c1ccc(C)cc1)(NCc1ccccc1)NC(=O)OC(C)(C)C. The van der Waals surface area contributed by atoms with E-state index >= 15 is 0 Å². The fourth-order valence-corrected chi connectivity index (χ4v) is 3.45. The predicted molar refractivity (Wildman–Crippen MR) is 121 cm³/mol. The van der Waals surface area contributed by atoms with Crippen molar-refractivity contribution in [1.29, 1.82) is 0 Å². The van der Waals surface area contributed by atoms with Crippen molar-refractivity contribution in [3.63, 3.8) is 0 Å². The topological polar surface area (TPSA) is 103 Å². The summed E-state index contributed by atoms with van der Waals surface area (Å²) in [5.74, 6) is -0.819. The van der Waals surface area contributed by atoms with E-state index in [0.717, 1.165) is 11.1 Å². The number of carbonyl (C=O) groups excluding carboxylic acids is 2. The lowest BCUT2D eigenvalue weighted by Gasteiger charge is -2.33. The maximum absolute atomic E-state index is 12.8. The molecule has 174 valence electrons. The fourth-order valence-electron chi connectivity index (χ4n) is 2.67. The average molecular weight is 463 g/mol. The van der Waals surface area contributed by atoms with Crippen LogP contribution in [0.2, 0.25) is 0 Å². The summed E-state index contributed by atoms with van der Waals surface area (Å²) in [6, 6.07) is 16.2. The molecule has 0 aliphatic rings. The van der Waals surface area contributed by atoms with Crippen molar-refractivity contribution in [3.8, 4) is 0 Å². The lowest BCUT2D eigenvalue weighted by molar-refractivity contribution is -0.152. The maximum Gasteiger partial charge on any atom is 0.409 e. The largest absolute Gasteiger partial charge is 0.466 e. The fraction of sp³-hybridized carbons (Fsp3) is 0.391. The van der Waals surface area contributed by atoms with Gasteiger partial charge in [0.15, 0.2) is 11.1 Å². The zero-order chi connectivity index (χ0) is 23.8. The van der Waals surface area contributed by atoms with Crippen molar-refractivity contribution >= 4 is 23.1 Å². The van der Waals surface area contributed by atoms with E-state index in [0.29, 0.717) is 4.90 Å². The van der Waals surface area contributed by atoms with Crippen LogP contribution in [0.5, 0.6) is 0 Å². The van der Waals surface area contributed by atoms with E-state index in [1.165, 1.54) is 7.11 Å². The molecule has 2 aromatic rings. The Morgan fingerprint density at radius 2 is 1.62 bits per heavy atom. The lowest BCUT2D eigenvalue weighted by atomic mass is 10.1. The van der Waals surface area contributed by atoms with Gasteiger partial charge in [-0.2, -0.15) is 0 Å². The van der Waals surface area contributed by atoms with E-state index in [9.17, 15) is 13.8 Å². The van der Waals surface area contributed by atoms with Gasteiger partial charge in [0.1, 0.15) is 12.2 Å². The number of aryl methyl sites for hydroxylation is 1. The molecule has 32 heavy (non-hydrogen) atoms. The lowest BCUT2D eigenvalue weighted by Crippen LogP contribution is -2.67. The third kappa shape index (κ3) is 7.74. The maximum atomic E-state index is 12.8. The molecular formula is C23H30N2O6S. The highest BCUT2D eigenvalue weighted by atomic mass is 32.2. The van der Waals surface area contributed by atoms with Gasteiger partial charge in [0.05, 0.1) is 12.0 Å². The number of esters is 1. The molecule has 0 radical (unpaired) electrons. The molecule has 0 saturated carbocycles. The van der Waals surface area contributed by atoms with E-state index in [1.54, 1.807) is 45.0 Å². The smallest absolute Gasteiger partial charge is 0.409 e. The van der Waals surface area contributed by atoms with E-state index in [1.807, 2.05) is 37.3 Å². The molecule has 1 amide bonds. The van der Waals surface area contributed by atoms with Crippen molar-refractivity contribution in [2.24, 2.45) is 0 Å².